The topological polar surface area (TPSA) is 74.3 Å². The highest BCUT2D eigenvalue weighted by Gasteiger charge is 2.25. The SMILES string of the molecule is O=C(Nc1nc2c(s1)CN(C(=O)Cc1cccs1)CC2)NC1CCCC1. The van der Waals surface area contributed by atoms with Crippen LogP contribution in [-0.2, 0) is 24.2 Å². The predicted octanol–water partition coefficient (Wildman–Crippen LogP) is 3.40. The van der Waals surface area contributed by atoms with Crippen molar-refractivity contribution in [3.8, 4) is 0 Å². The lowest BCUT2D eigenvalue weighted by Gasteiger charge is -2.25. The van der Waals surface area contributed by atoms with E-state index in [1.807, 2.05) is 22.4 Å². The van der Waals surface area contributed by atoms with E-state index in [-0.39, 0.29) is 18.0 Å². The zero-order chi connectivity index (χ0) is 17.9. The Morgan fingerprint density at radius 3 is 2.92 bits per heavy atom. The van der Waals surface area contributed by atoms with Crippen molar-refractivity contribution in [2.75, 3.05) is 11.9 Å². The van der Waals surface area contributed by atoms with E-state index in [1.54, 1.807) is 11.3 Å². The van der Waals surface area contributed by atoms with E-state index in [0.29, 0.717) is 24.6 Å². The molecule has 0 aromatic carbocycles. The summed E-state index contributed by atoms with van der Waals surface area (Å²) in [5.74, 6) is 0.153. The van der Waals surface area contributed by atoms with E-state index in [2.05, 4.69) is 15.6 Å². The Kier molecular flexibility index (Phi) is 5.21. The molecule has 26 heavy (non-hydrogen) atoms. The molecule has 2 aromatic heterocycles. The fraction of sp³-hybridized carbons (Fsp3) is 0.500. The Hall–Kier alpha value is -1.93. The molecule has 0 radical (unpaired) electrons. The van der Waals surface area contributed by atoms with Gasteiger partial charge in [0.2, 0.25) is 5.91 Å². The van der Waals surface area contributed by atoms with Crippen molar-refractivity contribution < 1.29 is 9.59 Å². The van der Waals surface area contributed by atoms with Gasteiger partial charge in [-0.3, -0.25) is 10.1 Å². The van der Waals surface area contributed by atoms with Gasteiger partial charge in [0.05, 0.1) is 18.7 Å². The van der Waals surface area contributed by atoms with Crippen molar-refractivity contribution >= 4 is 39.7 Å². The maximum Gasteiger partial charge on any atom is 0.321 e. The van der Waals surface area contributed by atoms with Gasteiger partial charge in [0, 0.05) is 28.8 Å². The van der Waals surface area contributed by atoms with Crippen LogP contribution in [0.4, 0.5) is 9.93 Å². The van der Waals surface area contributed by atoms with Gasteiger partial charge in [0.15, 0.2) is 5.13 Å². The maximum absolute atomic E-state index is 12.5. The summed E-state index contributed by atoms with van der Waals surface area (Å²) in [6, 6.07) is 4.08. The summed E-state index contributed by atoms with van der Waals surface area (Å²) >= 11 is 3.09. The molecular weight excluding hydrogens is 368 g/mol. The first kappa shape index (κ1) is 17.5. The molecule has 1 aliphatic heterocycles. The molecule has 0 spiro atoms. The van der Waals surface area contributed by atoms with Crippen LogP contribution in [0.3, 0.4) is 0 Å². The monoisotopic (exact) mass is 390 g/mol. The van der Waals surface area contributed by atoms with Crippen LogP contribution in [-0.4, -0.2) is 34.4 Å². The van der Waals surface area contributed by atoms with Gasteiger partial charge in [0.1, 0.15) is 0 Å². The van der Waals surface area contributed by atoms with Crippen LogP contribution in [0, 0.1) is 0 Å². The second-order valence-corrected chi connectivity index (χ2v) is 8.91. The Morgan fingerprint density at radius 2 is 2.15 bits per heavy atom. The third kappa shape index (κ3) is 4.07. The van der Waals surface area contributed by atoms with Gasteiger partial charge in [-0.25, -0.2) is 9.78 Å². The van der Waals surface area contributed by atoms with Gasteiger partial charge < -0.3 is 10.2 Å². The molecule has 1 fully saturated rings. The molecular formula is C18H22N4O2S2. The minimum Gasteiger partial charge on any atom is -0.337 e. The lowest BCUT2D eigenvalue weighted by molar-refractivity contribution is -0.131. The van der Waals surface area contributed by atoms with E-state index < -0.39 is 0 Å². The number of nitrogens with one attached hydrogen (secondary N) is 2. The van der Waals surface area contributed by atoms with E-state index in [9.17, 15) is 9.59 Å². The van der Waals surface area contributed by atoms with Gasteiger partial charge >= 0.3 is 6.03 Å². The Morgan fingerprint density at radius 1 is 1.31 bits per heavy atom. The molecule has 2 N–H and O–H groups in total. The highest BCUT2D eigenvalue weighted by molar-refractivity contribution is 7.15. The van der Waals surface area contributed by atoms with Gasteiger partial charge in [0.25, 0.3) is 0 Å². The minimum absolute atomic E-state index is 0.153. The molecule has 4 rings (SSSR count). The maximum atomic E-state index is 12.5. The lowest BCUT2D eigenvalue weighted by atomic mass is 10.1. The molecule has 0 saturated heterocycles. The second-order valence-electron chi connectivity index (χ2n) is 6.79. The number of fused-ring (bicyclic) bond motifs is 1. The molecule has 8 heteroatoms. The molecule has 138 valence electrons. The Bertz CT molecular complexity index is 781. The zero-order valence-corrected chi connectivity index (χ0v) is 16.1. The average molecular weight is 391 g/mol. The molecule has 2 aromatic rings. The highest BCUT2D eigenvalue weighted by Crippen LogP contribution is 2.29. The second kappa shape index (κ2) is 7.75. The summed E-state index contributed by atoms with van der Waals surface area (Å²) in [4.78, 5) is 33.2. The Balaban J connectivity index is 1.34. The number of carbonyl (C=O) groups is 2. The zero-order valence-electron chi connectivity index (χ0n) is 14.5. The number of carbonyl (C=O) groups excluding carboxylic acids is 2. The van der Waals surface area contributed by atoms with E-state index in [0.717, 1.165) is 34.7 Å². The molecule has 3 amide bonds. The molecule has 0 bridgehead atoms. The van der Waals surface area contributed by atoms with E-state index in [1.165, 1.54) is 24.2 Å². The largest absolute Gasteiger partial charge is 0.337 e. The summed E-state index contributed by atoms with van der Waals surface area (Å²) in [5.41, 5.74) is 1.01. The Labute approximate surface area is 160 Å². The van der Waals surface area contributed by atoms with Crippen LogP contribution in [0.5, 0.6) is 0 Å². The molecule has 6 nitrogen and oxygen atoms in total. The number of anilines is 1. The fourth-order valence-electron chi connectivity index (χ4n) is 3.52. The third-order valence-corrected chi connectivity index (χ3v) is 6.77. The number of rotatable bonds is 4. The standard InChI is InChI=1S/C18H22N4O2S2/c23-16(10-13-6-3-9-25-13)22-8-7-14-15(11-22)26-18(20-14)21-17(24)19-12-4-1-2-5-12/h3,6,9,12H,1-2,4-5,7-8,10-11H2,(H2,19,20,21,24). The predicted molar refractivity (Wildman–Crippen MR) is 104 cm³/mol. The summed E-state index contributed by atoms with van der Waals surface area (Å²) < 4.78 is 0. The number of nitrogens with zero attached hydrogens (tertiary/aromatic N) is 2. The lowest BCUT2D eigenvalue weighted by Crippen LogP contribution is -2.36. The number of urea groups is 1. The average Bonchev–Trinajstić information content (AvgIpc) is 3.35. The van der Waals surface area contributed by atoms with Gasteiger partial charge in [-0.2, -0.15) is 0 Å². The van der Waals surface area contributed by atoms with Crippen molar-refractivity contribution in [2.24, 2.45) is 0 Å². The number of thiophene rings is 1. The quantitative estimate of drug-likeness (QED) is 0.840. The minimum atomic E-state index is -0.173. The normalized spacial score (nSPS) is 17.2. The molecule has 2 aliphatic rings. The number of hydrogen-bond donors (Lipinski definition) is 2. The van der Waals surface area contributed by atoms with Gasteiger partial charge in [-0.15, -0.1) is 11.3 Å². The van der Waals surface area contributed by atoms with E-state index >= 15 is 0 Å². The number of hydrogen-bond acceptors (Lipinski definition) is 5. The number of thiazole rings is 1. The number of amides is 3. The van der Waals surface area contributed by atoms with E-state index in [4.69, 9.17) is 0 Å². The summed E-state index contributed by atoms with van der Waals surface area (Å²) in [6.45, 7) is 1.28. The van der Waals surface area contributed by atoms with Crippen LogP contribution in [0.15, 0.2) is 17.5 Å². The summed E-state index contributed by atoms with van der Waals surface area (Å²) in [6.07, 6.45) is 5.69. The van der Waals surface area contributed by atoms with Crippen LogP contribution in [0.2, 0.25) is 0 Å². The summed E-state index contributed by atoms with van der Waals surface area (Å²) in [5, 5.41) is 8.49. The molecule has 3 heterocycles. The number of aromatic nitrogens is 1. The molecule has 1 saturated carbocycles. The molecule has 0 atom stereocenters. The van der Waals surface area contributed by atoms with Crippen molar-refractivity contribution in [1.29, 1.82) is 0 Å². The first-order valence-corrected chi connectivity index (χ1v) is 10.7. The van der Waals surface area contributed by atoms with Gasteiger partial charge in [-0.05, 0) is 24.3 Å². The fourth-order valence-corrected chi connectivity index (χ4v) is 5.24. The first-order valence-electron chi connectivity index (χ1n) is 9.03. The first-order chi connectivity index (χ1) is 12.7. The van der Waals surface area contributed by atoms with Crippen LogP contribution >= 0.6 is 22.7 Å². The molecule has 1 aliphatic carbocycles. The smallest absolute Gasteiger partial charge is 0.321 e. The van der Waals surface area contributed by atoms with Crippen molar-refractivity contribution in [3.63, 3.8) is 0 Å². The van der Waals surface area contributed by atoms with Gasteiger partial charge in [-0.1, -0.05) is 30.2 Å². The van der Waals surface area contributed by atoms with Crippen molar-refractivity contribution in [2.45, 2.75) is 51.1 Å². The van der Waals surface area contributed by atoms with Crippen molar-refractivity contribution in [3.05, 3.63) is 33.0 Å². The van der Waals surface area contributed by atoms with Crippen LogP contribution < -0.4 is 10.6 Å². The van der Waals surface area contributed by atoms with Crippen molar-refractivity contribution in [1.82, 2.24) is 15.2 Å². The third-order valence-electron chi connectivity index (χ3n) is 4.90. The molecule has 0 unspecified atom stereocenters. The highest BCUT2D eigenvalue weighted by atomic mass is 32.1. The van der Waals surface area contributed by atoms with Crippen LogP contribution in [0.1, 0.15) is 41.1 Å². The summed E-state index contributed by atoms with van der Waals surface area (Å²) in [7, 11) is 0. The van der Waals surface area contributed by atoms with Crippen LogP contribution in [0.25, 0.3) is 0 Å².